The molecule has 5 nitrogen and oxygen atoms in total. The van der Waals surface area contributed by atoms with Crippen LogP contribution in [0.5, 0.6) is 0 Å². The van der Waals surface area contributed by atoms with E-state index in [1.54, 1.807) is 0 Å². The van der Waals surface area contributed by atoms with Crippen molar-refractivity contribution in [1.82, 2.24) is 0 Å². The molecule has 1 unspecified atom stereocenters. The van der Waals surface area contributed by atoms with E-state index < -0.39 is 15.5 Å². The van der Waals surface area contributed by atoms with Crippen LogP contribution >= 0.6 is 11.6 Å². The minimum atomic E-state index is -4.24. The minimum Gasteiger partial charge on any atom is -0.325 e. The molecule has 0 aliphatic carbocycles. The summed E-state index contributed by atoms with van der Waals surface area (Å²) in [6, 6.07) is 14.5. The third-order valence-corrected chi connectivity index (χ3v) is 4.18. The third-order valence-electron chi connectivity index (χ3n) is 2.96. The van der Waals surface area contributed by atoms with Crippen molar-refractivity contribution in [2.45, 2.75) is 16.7 Å². The van der Waals surface area contributed by atoms with Gasteiger partial charge in [0, 0.05) is 5.69 Å². The second kappa shape index (κ2) is 6.91. The van der Waals surface area contributed by atoms with E-state index in [0.29, 0.717) is 12.1 Å². The Labute approximate surface area is 133 Å². The molecular weight excluding hydrogens is 326 g/mol. The molecule has 22 heavy (non-hydrogen) atoms. The maximum atomic E-state index is 12.0. The molecule has 0 aliphatic rings. The van der Waals surface area contributed by atoms with Gasteiger partial charge in [0.2, 0.25) is 5.91 Å². The molecule has 116 valence electrons. The predicted molar refractivity (Wildman–Crippen MR) is 84.7 cm³/mol. The molecular formula is C15H14ClNO4S. The first-order valence-electron chi connectivity index (χ1n) is 6.42. The number of hydrogen-bond donors (Lipinski definition) is 2. The van der Waals surface area contributed by atoms with Crippen LogP contribution in [-0.4, -0.2) is 24.3 Å². The van der Waals surface area contributed by atoms with Crippen LogP contribution in [0.1, 0.15) is 5.56 Å². The normalized spacial score (nSPS) is 12.6. The summed E-state index contributed by atoms with van der Waals surface area (Å²) in [7, 11) is -4.24. The van der Waals surface area contributed by atoms with Gasteiger partial charge in [-0.3, -0.25) is 9.35 Å². The molecule has 0 spiro atoms. The summed E-state index contributed by atoms with van der Waals surface area (Å²) in [6.07, 6.45) is 0.386. The van der Waals surface area contributed by atoms with Crippen LogP contribution in [0.2, 0.25) is 0 Å². The molecule has 0 radical (unpaired) electrons. The molecule has 1 atom stereocenters. The lowest BCUT2D eigenvalue weighted by atomic mass is 10.1. The zero-order valence-electron chi connectivity index (χ0n) is 11.4. The van der Waals surface area contributed by atoms with Crippen LogP contribution in [0.4, 0.5) is 5.69 Å². The summed E-state index contributed by atoms with van der Waals surface area (Å²) in [4.78, 5) is 11.7. The predicted octanol–water partition coefficient (Wildman–Crippen LogP) is 2.72. The van der Waals surface area contributed by atoms with Gasteiger partial charge in [0.15, 0.2) is 0 Å². The van der Waals surface area contributed by atoms with E-state index in [2.05, 4.69) is 5.32 Å². The Hall–Kier alpha value is -1.89. The Morgan fingerprint density at radius 3 is 2.23 bits per heavy atom. The van der Waals surface area contributed by atoms with Crippen molar-refractivity contribution in [1.29, 1.82) is 0 Å². The number of carbonyl (C=O) groups is 1. The highest BCUT2D eigenvalue weighted by molar-refractivity contribution is 7.85. The number of halogens is 1. The first-order chi connectivity index (χ1) is 10.4. The molecule has 2 N–H and O–H groups in total. The Kier molecular flexibility index (Phi) is 5.18. The molecule has 0 saturated heterocycles. The van der Waals surface area contributed by atoms with Gasteiger partial charge in [0.05, 0.1) is 4.90 Å². The number of benzene rings is 2. The van der Waals surface area contributed by atoms with E-state index in [0.717, 1.165) is 5.56 Å². The summed E-state index contributed by atoms with van der Waals surface area (Å²) < 4.78 is 30.7. The average Bonchev–Trinajstić information content (AvgIpc) is 2.48. The number of rotatable bonds is 5. The molecule has 1 amide bonds. The SMILES string of the molecule is O=C(Nc1ccc(S(=O)(=O)O)cc1)C(Cl)Cc1ccccc1. The molecule has 0 heterocycles. The van der Waals surface area contributed by atoms with Gasteiger partial charge in [-0.1, -0.05) is 30.3 Å². The van der Waals surface area contributed by atoms with Crippen LogP contribution in [0.3, 0.4) is 0 Å². The Morgan fingerprint density at radius 1 is 1.09 bits per heavy atom. The van der Waals surface area contributed by atoms with Gasteiger partial charge in [-0.2, -0.15) is 8.42 Å². The van der Waals surface area contributed by atoms with Gasteiger partial charge in [-0.15, -0.1) is 11.6 Å². The lowest BCUT2D eigenvalue weighted by Gasteiger charge is -2.11. The van der Waals surface area contributed by atoms with Gasteiger partial charge in [0.25, 0.3) is 10.1 Å². The second-order valence-electron chi connectivity index (χ2n) is 4.65. The Balaban J connectivity index is 1.99. The molecule has 2 aromatic carbocycles. The van der Waals surface area contributed by atoms with Crippen LogP contribution < -0.4 is 5.32 Å². The van der Waals surface area contributed by atoms with Crippen molar-refractivity contribution < 1.29 is 17.8 Å². The zero-order chi connectivity index (χ0) is 16.2. The lowest BCUT2D eigenvalue weighted by molar-refractivity contribution is -0.115. The number of alkyl halides is 1. The summed E-state index contributed by atoms with van der Waals surface area (Å²) >= 11 is 6.07. The van der Waals surface area contributed by atoms with Gasteiger partial charge in [0.1, 0.15) is 5.38 Å². The van der Waals surface area contributed by atoms with E-state index in [4.69, 9.17) is 16.2 Å². The lowest BCUT2D eigenvalue weighted by Crippen LogP contribution is -2.25. The molecule has 2 aromatic rings. The van der Waals surface area contributed by atoms with Gasteiger partial charge in [-0.25, -0.2) is 0 Å². The summed E-state index contributed by atoms with van der Waals surface area (Å²) in [5, 5.41) is 1.85. The van der Waals surface area contributed by atoms with Crippen LogP contribution in [-0.2, 0) is 21.3 Å². The minimum absolute atomic E-state index is 0.239. The Bertz CT molecular complexity index is 745. The van der Waals surface area contributed by atoms with E-state index in [1.807, 2.05) is 30.3 Å². The third kappa shape index (κ3) is 4.56. The van der Waals surface area contributed by atoms with E-state index >= 15 is 0 Å². The van der Waals surface area contributed by atoms with Gasteiger partial charge < -0.3 is 5.32 Å². The fourth-order valence-electron chi connectivity index (χ4n) is 1.84. The highest BCUT2D eigenvalue weighted by Crippen LogP contribution is 2.15. The number of amides is 1. The molecule has 0 fully saturated rings. The maximum absolute atomic E-state index is 12.0. The van der Waals surface area contributed by atoms with Gasteiger partial charge in [-0.05, 0) is 36.2 Å². The summed E-state index contributed by atoms with van der Waals surface area (Å²) in [5.41, 5.74) is 1.34. The van der Waals surface area contributed by atoms with E-state index in [1.165, 1.54) is 24.3 Å². The second-order valence-corrected chi connectivity index (χ2v) is 6.59. The number of hydrogen-bond acceptors (Lipinski definition) is 3. The quantitative estimate of drug-likeness (QED) is 0.648. The maximum Gasteiger partial charge on any atom is 0.294 e. The zero-order valence-corrected chi connectivity index (χ0v) is 13.0. The fraction of sp³-hybridized carbons (Fsp3) is 0.133. The molecule has 0 aliphatic heterocycles. The number of anilines is 1. The first-order valence-corrected chi connectivity index (χ1v) is 8.30. The monoisotopic (exact) mass is 339 g/mol. The van der Waals surface area contributed by atoms with Crippen molar-refractivity contribution >= 4 is 33.3 Å². The molecule has 0 aromatic heterocycles. The molecule has 0 bridgehead atoms. The Morgan fingerprint density at radius 2 is 1.68 bits per heavy atom. The van der Waals surface area contributed by atoms with Crippen molar-refractivity contribution in [2.75, 3.05) is 5.32 Å². The largest absolute Gasteiger partial charge is 0.325 e. The topological polar surface area (TPSA) is 83.5 Å². The standard InChI is InChI=1S/C15H14ClNO4S/c16-14(10-11-4-2-1-3-5-11)15(18)17-12-6-8-13(9-7-12)22(19,20)21/h1-9,14H,10H2,(H,17,18)(H,19,20,21). The van der Waals surface area contributed by atoms with E-state index in [9.17, 15) is 13.2 Å². The average molecular weight is 340 g/mol. The van der Waals surface area contributed by atoms with Crippen molar-refractivity contribution in [3.8, 4) is 0 Å². The fourth-order valence-corrected chi connectivity index (χ4v) is 2.56. The van der Waals surface area contributed by atoms with Crippen LogP contribution in [0.25, 0.3) is 0 Å². The number of carbonyl (C=O) groups excluding carboxylic acids is 1. The van der Waals surface area contributed by atoms with E-state index in [-0.39, 0.29) is 10.8 Å². The molecule has 2 rings (SSSR count). The highest BCUT2D eigenvalue weighted by Gasteiger charge is 2.16. The van der Waals surface area contributed by atoms with Crippen molar-refractivity contribution in [3.63, 3.8) is 0 Å². The van der Waals surface area contributed by atoms with Crippen LogP contribution in [0.15, 0.2) is 59.5 Å². The number of nitrogens with one attached hydrogen (secondary N) is 1. The van der Waals surface area contributed by atoms with Crippen molar-refractivity contribution in [3.05, 3.63) is 60.2 Å². The summed E-state index contributed by atoms with van der Waals surface area (Å²) in [5.74, 6) is -0.384. The summed E-state index contributed by atoms with van der Waals surface area (Å²) in [6.45, 7) is 0. The smallest absolute Gasteiger partial charge is 0.294 e. The molecule has 0 saturated carbocycles. The highest BCUT2D eigenvalue weighted by atomic mass is 35.5. The molecule has 7 heteroatoms. The van der Waals surface area contributed by atoms with Gasteiger partial charge >= 0.3 is 0 Å². The van der Waals surface area contributed by atoms with Crippen LogP contribution in [0, 0.1) is 0 Å². The van der Waals surface area contributed by atoms with Crippen molar-refractivity contribution in [2.24, 2.45) is 0 Å². The first kappa shape index (κ1) is 16.5.